The Kier molecular flexibility index (Phi) is 5.20. The SMILES string of the molecule is COC(=O)c1ccccc1N1C(=O)C2C(Cc3c[nH]c4ccccc34)NC3(C(=O)Nc4ccc(F)cc43)C2C1=O. The van der Waals surface area contributed by atoms with Crippen molar-refractivity contribution in [1.82, 2.24) is 10.3 Å². The normalized spacial score (nSPS) is 25.0. The van der Waals surface area contributed by atoms with E-state index in [9.17, 15) is 23.6 Å². The van der Waals surface area contributed by atoms with E-state index in [1.165, 1.54) is 37.4 Å². The Morgan fingerprint density at radius 1 is 1.02 bits per heavy atom. The van der Waals surface area contributed by atoms with Crippen molar-refractivity contribution < 1.29 is 28.3 Å². The molecule has 40 heavy (non-hydrogen) atoms. The standard InChI is InChI=1S/C30H23FN4O5/c1-40-28(38)18-7-3-5-9-23(18)35-26(36)24-22(12-15-14-32-20-8-4-2-6-17(15)20)34-30(25(24)27(35)37)19-13-16(31)10-11-21(19)33-29(30)39/h2-11,13-14,22,24-25,32,34H,12H2,1H3,(H,33,39). The van der Waals surface area contributed by atoms with Gasteiger partial charge in [0.2, 0.25) is 17.7 Å². The minimum absolute atomic E-state index is 0.0455. The van der Waals surface area contributed by atoms with Gasteiger partial charge >= 0.3 is 5.97 Å². The summed E-state index contributed by atoms with van der Waals surface area (Å²) in [5.74, 6) is -5.14. The van der Waals surface area contributed by atoms with E-state index in [1.807, 2.05) is 30.5 Å². The predicted molar refractivity (Wildman–Crippen MR) is 143 cm³/mol. The molecule has 0 radical (unpaired) electrons. The van der Waals surface area contributed by atoms with Gasteiger partial charge in [-0.1, -0.05) is 30.3 Å². The molecule has 0 aliphatic carbocycles. The zero-order valence-electron chi connectivity index (χ0n) is 21.2. The van der Waals surface area contributed by atoms with Crippen LogP contribution in [0.3, 0.4) is 0 Å². The van der Waals surface area contributed by atoms with Crippen molar-refractivity contribution in [2.24, 2.45) is 11.8 Å². The number of methoxy groups -OCH3 is 1. The van der Waals surface area contributed by atoms with Gasteiger partial charge in [0.15, 0.2) is 0 Å². The number of rotatable bonds is 4. The second-order valence-electron chi connectivity index (χ2n) is 10.3. The van der Waals surface area contributed by atoms with Gasteiger partial charge in [-0.25, -0.2) is 14.1 Å². The van der Waals surface area contributed by atoms with Gasteiger partial charge in [-0.3, -0.25) is 19.7 Å². The topological polar surface area (TPSA) is 121 Å². The van der Waals surface area contributed by atoms with Gasteiger partial charge in [-0.05, 0) is 48.4 Å². The maximum atomic E-state index is 14.6. The average molecular weight is 539 g/mol. The highest BCUT2D eigenvalue weighted by Crippen LogP contribution is 2.54. The van der Waals surface area contributed by atoms with Crippen LogP contribution in [0.25, 0.3) is 10.9 Å². The second-order valence-corrected chi connectivity index (χ2v) is 10.3. The Morgan fingerprint density at radius 3 is 2.62 bits per heavy atom. The van der Waals surface area contributed by atoms with E-state index in [0.29, 0.717) is 12.1 Å². The molecule has 3 N–H and O–H groups in total. The number of esters is 1. The number of halogens is 1. The summed E-state index contributed by atoms with van der Waals surface area (Å²) in [5.41, 5.74) is 0.908. The van der Waals surface area contributed by atoms with Crippen molar-refractivity contribution in [3.8, 4) is 0 Å². The summed E-state index contributed by atoms with van der Waals surface area (Å²) in [6.07, 6.45) is 2.16. The highest BCUT2D eigenvalue weighted by atomic mass is 19.1. The Labute approximate surface area is 227 Å². The second kappa shape index (κ2) is 8.59. The van der Waals surface area contributed by atoms with Crippen molar-refractivity contribution in [3.05, 3.63) is 95.4 Å². The first-order chi connectivity index (χ1) is 19.3. The van der Waals surface area contributed by atoms with E-state index in [4.69, 9.17) is 4.74 Å². The Hall–Kier alpha value is -4.83. The molecule has 0 saturated carbocycles. The number of carbonyl (C=O) groups is 4. The number of carbonyl (C=O) groups excluding carboxylic acids is 4. The van der Waals surface area contributed by atoms with Gasteiger partial charge in [0.25, 0.3) is 0 Å². The molecule has 4 heterocycles. The molecule has 3 aliphatic heterocycles. The number of amides is 3. The van der Waals surface area contributed by atoms with Crippen LogP contribution >= 0.6 is 0 Å². The summed E-state index contributed by atoms with van der Waals surface area (Å²) in [5, 5.41) is 7.06. The van der Waals surface area contributed by atoms with Crippen molar-refractivity contribution in [2.45, 2.75) is 18.0 Å². The summed E-state index contributed by atoms with van der Waals surface area (Å²) in [7, 11) is 1.21. The molecular weight excluding hydrogens is 515 g/mol. The minimum Gasteiger partial charge on any atom is -0.465 e. The summed E-state index contributed by atoms with van der Waals surface area (Å²) >= 11 is 0. The fourth-order valence-corrected chi connectivity index (χ4v) is 6.67. The first kappa shape index (κ1) is 24.2. The zero-order chi connectivity index (χ0) is 27.8. The maximum Gasteiger partial charge on any atom is 0.339 e. The fourth-order valence-electron chi connectivity index (χ4n) is 6.67. The third-order valence-corrected chi connectivity index (χ3v) is 8.34. The fraction of sp³-hybridized carbons (Fsp3) is 0.200. The van der Waals surface area contributed by atoms with E-state index in [2.05, 4.69) is 15.6 Å². The number of para-hydroxylation sites is 2. The predicted octanol–water partition coefficient (Wildman–Crippen LogP) is 3.26. The van der Waals surface area contributed by atoms with E-state index < -0.39 is 52.9 Å². The van der Waals surface area contributed by atoms with Crippen LogP contribution in [0.1, 0.15) is 21.5 Å². The van der Waals surface area contributed by atoms with Gasteiger partial charge in [-0.2, -0.15) is 0 Å². The maximum absolute atomic E-state index is 14.6. The molecule has 3 aromatic carbocycles. The van der Waals surface area contributed by atoms with E-state index >= 15 is 0 Å². The molecule has 200 valence electrons. The third-order valence-electron chi connectivity index (χ3n) is 8.34. The third kappa shape index (κ3) is 3.16. The lowest BCUT2D eigenvalue weighted by Gasteiger charge is -2.30. The number of aromatic amines is 1. The number of nitrogens with one attached hydrogen (secondary N) is 3. The van der Waals surface area contributed by atoms with E-state index in [1.54, 1.807) is 12.1 Å². The van der Waals surface area contributed by atoms with Crippen molar-refractivity contribution in [1.29, 1.82) is 0 Å². The minimum atomic E-state index is -1.68. The molecule has 9 nitrogen and oxygen atoms in total. The molecule has 3 amide bonds. The van der Waals surface area contributed by atoms with Crippen molar-refractivity contribution >= 4 is 46.0 Å². The van der Waals surface area contributed by atoms with Gasteiger partial charge in [0.05, 0.1) is 30.2 Å². The lowest BCUT2D eigenvalue weighted by molar-refractivity contribution is -0.130. The molecule has 0 bridgehead atoms. The summed E-state index contributed by atoms with van der Waals surface area (Å²) < 4.78 is 19.5. The van der Waals surface area contributed by atoms with Crippen molar-refractivity contribution in [2.75, 3.05) is 17.3 Å². The van der Waals surface area contributed by atoms with Crippen LogP contribution in [0.5, 0.6) is 0 Å². The quantitative estimate of drug-likeness (QED) is 0.271. The number of H-pyrrole nitrogens is 1. The molecule has 2 fully saturated rings. The molecule has 1 spiro atoms. The molecule has 3 aliphatic rings. The van der Waals surface area contributed by atoms with Crippen LogP contribution in [0.4, 0.5) is 15.8 Å². The number of anilines is 2. The molecule has 4 unspecified atom stereocenters. The largest absolute Gasteiger partial charge is 0.465 e. The Morgan fingerprint density at radius 2 is 1.80 bits per heavy atom. The van der Waals surface area contributed by atoms with E-state index in [0.717, 1.165) is 21.4 Å². The molecular formula is C30H23FN4O5. The first-order valence-corrected chi connectivity index (χ1v) is 12.8. The number of fused-ring (bicyclic) bond motifs is 5. The number of hydrogen-bond donors (Lipinski definition) is 3. The number of aromatic nitrogens is 1. The van der Waals surface area contributed by atoms with Crippen LogP contribution in [-0.4, -0.2) is 41.8 Å². The molecule has 7 rings (SSSR count). The number of benzene rings is 3. The highest BCUT2D eigenvalue weighted by molar-refractivity contribution is 6.27. The monoisotopic (exact) mass is 538 g/mol. The smallest absolute Gasteiger partial charge is 0.339 e. The highest BCUT2D eigenvalue weighted by Gasteiger charge is 2.70. The number of hydrogen-bond acceptors (Lipinski definition) is 6. The van der Waals surface area contributed by atoms with Gasteiger partial charge in [0, 0.05) is 34.4 Å². The van der Waals surface area contributed by atoms with Crippen LogP contribution in [0, 0.1) is 17.7 Å². The first-order valence-electron chi connectivity index (χ1n) is 12.8. The molecule has 2 saturated heterocycles. The number of ether oxygens (including phenoxy) is 1. The zero-order valence-corrected chi connectivity index (χ0v) is 21.2. The van der Waals surface area contributed by atoms with Gasteiger partial charge < -0.3 is 15.0 Å². The number of nitrogens with zero attached hydrogens (tertiary/aromatic N) is 1. The molecule has 4 aromatic rings. The Balaban J connectivity index is 1.40. The molecule has 1 aromatic heterocycles. The molecule has 10 heteroatoms. The van der Waals surface area contributed by atoms with E-state index in [-0.39, 0.29) is 16.8 Å². The van der Waals surface area contributed by atoms with Crippen LogP contribution in [-0.2, 0) is 31.1 Å². The lowest BCUT2D eigenvalue weighted by Crippen LogP contribution is -2.53. The van der Waals surface area contributed by atoms with Gasteiger partial charge in [-0.15, -0.1) is 0 Å². The summed E-state index contributed by atoms with van der Waals surface area (Å²) in [6.45, 7) is 0. The van der Waals surface area contributed by atoms with Crippen LogP contribution in [0.2, 0.25) is 0 Å². The number of imide groups is 1. The summed E-state index contributed by atoms with van der Waals surface area (Å²) in [4.78, 5) is 58.9. The summed E-state index contributed by atoms with van der Waals surface area (Å²) in [6, 6.07) is 17.2. The van der Waals surface area contributed by atoms with Crippen LogP contribution in [0.15, 0.2) is 72.9 Å². The lowest BCUT2D eigenvalue weighted by atomic mass is 9.76. The van der Waals surface area contributed by atoms with Crippen LogP contribution < -0.4 is 15.5 Å². The van der Waals surface area contributed by atoms with Crippen molar-refractivity contribution in [3.63, 3.8) is 0 Å². The Bertz CT molecular complexity index is 1770. The molecule has 4 atom stereocenters. The van der Waals surface area contributed by atoms with Gasteiger partial charge in [0.1, 0.15) is 11.4 Å². The average Bonchev–Trinajstić information content (AvgIpc) is 3.67.